The molecule has 1 aromatic rings. The van der Waals surface area contributed by atoms with E-state index >= 15 is 0 Å². The summed E-state index contributed by atoms with van der Waals surface area (Å²) in [6.45, 7) is -0.304. The number of esters is 1. The Morgan fingerprint density at radius 2 is 2.00 bits per heavy atom. The number of benzene rings is 1. The summed E-state index contributed by atoms with van der Waals surface area (Å²) >= 11 is 0. The number of carbonyl (C=O) groups excluding carboxylic acids is 2. The molecule has 1 rings (SSSR count). The van der Waals surface area contributed by atoms with E-state index in [1.54, 1.807) is 0 Å². The summed E-state index contributed by atoms with van der Waals surface area (Å²) < 4.78 is 41.9. The molecule has 0 radical (unpaired) electrons. The number of urea groups is 1. The molecule has 5 nitrogen and oxygen atoms in total. The highest BCUT2D eigenvalue weighted by molar-refractivity contribution is 5.91. The molecule has 1 N–H and O–H groups in total. The van der Waals surface area contributed by atoms with Gasteiger partial charge in [-0.25, -0.2) is 4.79 Å². The average Bonchev–Trinajstić information content (AvgIpc) is 2.37. The molecule has 0 saturated heterocycles. The first-order valence-electron chi connectivity index (χ1n) is 5.50. The van der Waals surface area contributed by atoms with Crippen molar-refractivity contribution in [1.29, 1.82) is 0 Å². The van der Waals surface area contributed by atoms with E-state index in [-0.39, 0.29) is 12.2 Å². The number of likely N-dealkylation sites (N-methyl/N-ethyl adjacent to an activating group) is 1. The summed E-state index contributed by atoms with van der Waals surface area (Å²) in [6, 6.07) is 3.49. The second-order valence-electron chi connectivity index (χ2n) is 3.94. The maximum atomic E-state index is 12.5. The number of hydrogen-bond acceptors (Lipinski definition) is 3. The highest BCUT2D eigenvalue weighted by atomic mass is 19.4. The van der Waals surface area contributed by atoms with E-state index < -0.39 is 23.7 Å². The lowest BCUT2D eigenvalue weighted by Crippen LogP contribution is -2.36. The summed E-state index contributed by atoms with van der Waals surface area (Å²) in [6.07, 6.45) is -4.49. The highest BCUT2D eigenvalue weighted by Crippen LogP contribution is 2.30. The Morgan fingerprint density at radius 3 is 2.55 bits per heavy atom. The monoisotopic (exact) mass is 290 g/mol. The number of amides is 2. The van der Waals surface area contributed by atoms with E-state index in [0.717, 1.165) is 17.0 Å². The lowest BCUT2D eigenvalue weighted by Gasteiger charge is -2.17. The number of rotatable bonds is 3. The minimum Gasteiger partial charge on any atom is -0.468 e. The fourth-order valence-electron chi connectivity index (χ4n) is 1.32. The van der Waals surface area contributed by atoms with Crippen molar-refractivity contribution in [3.63, 3.8) is 0 Å². The first kappa shape index (κ1) is 15.8. The van der Waals surface area contributed by atoms with Gasteiger partial charge in [0.2, 0.25) is 0 Å². The molecule has 1 aromatic carbocycles. The molecule has 0 bridgehead atoms. The van der Waals surface area contributed by atoms with Gasteiger partial charge in [-0.3, -0.25) is 4.79 Å². The lowest BCUT2D eigenvalue weighted by molar-refractivity contribution is -0.141. The Balaban J connectivity index is 2.73. The molecule has 8 heteroatoms. The van der Waals surface area contributed by atoms with Crippen LogP contribution in [-0.4, -0.2) is 37.6 Å². The summed E-state index contributed by atoms with van der Waals surface area (Å²) in [5.41, 5.74) is -0.882. The molecule has 20 heavy (non-hydrogen) atoms. The zero-order valence-corrected chi connectivity index (χ0v) is 10.8. The molecular formula is C12H13F3N2O3. The van der Waals surface area contributed by atoms with Gasteiger partial charge in [-0.15, -0.1) is 0 Å². The van der Waals surface area contributed by atoms with Crippen LogP contribution in [0, 0.1) is 0 Å². The molecule has 0 fully saturated rings. The predicted molar refractivity (Wildman–Crippen MR) is 65.1 cm³/mol. The van der Waals surface area contributed by atoms with Crippen molar-refractivity contribution in [2.24, 2.45) is 0 Å². The van der Waals surface area contributed by atoms with E-state index in [1.807, 2.05) is 0 Å². The molecule has 0 heterocycles. The zero-order valence-electron chi connectivity index (χ0n) is 10.8. The fourth-order valence-corrected chi connectivity index (χ4v) is 1.32. The Bertz CT molecular complexity index is 503. The minimum atomic E-state index is -4.49. The Morgan fingerprint density at radius 1 is 1.35 bits per heavy atom. The second kappa shape index (κ2) is 6.27. The van der Waals surface area contributed by atoms with E-state index in [9.17, 15) is 22.8 Å². The van der Waals surface area contributed by atoms with Crippen molar-refractivity contribution in [2.75, 3.05) is 26.0 Å². The van der Waals surface area contributed by atoms with Crippen LogP contribution in [0.25, 0.3) is 0 Å². The van der Waals surface area contributed by atoms with Gasteiger partial charge in [0, 0.05) is 12.7 Å². The third-order valence-corrected chi connectivity index (χ3v) is 2.38. The number of hydrogen-bond donors (Lipinski definition) is 1. The largest absolute Gasteiger partial charge is 0.468 e. The van der Waals surface area contributed by atoms with E-state index in [1.165, 1.54) is 26.3 Å². The summed E-state index contributed by atoms with van der Waals surface area (Å²) in [5.74, 6) is -0.633. The molecular weight excluding hydrogens is 277 g/mol. The standard InChI is InChI=1S/C12H13F3N2O3/c1-17(7-10(18)20-2)11(19)16-9-5-3-4-8(6-9)12(13,14)15/h3-6H,7H2,1-2H3,(H,16,19). The topological polar surface area (TPSA) is 58.6 Å². The van der Waals surface area contributed by atoms with Gasteiger partial charge in [0.15, 0.2) is 0 Å². The number of halogens is 3. The van der Waals surface area contributed by atoms with Crippen molar-refractivity contribution >= 4 is 17.7 Å². The molecule has 0 aliphatic carbocycles. The molecule has 0 aliphatic rings. The number of nitrogens with zero attached hydrogens (tertiary/aromatic N) is 1. The van der Waals surface area contributed by atoms with Crippen LogP contribution in [0.15, 0.2) is 24.3 Å². The number of nitrogens with one attached hydrogen (secondary N) is 1. The maximum absolute atomic E-state index is 12.5. The van der Waals surface area contributed by atoms with Crippen molar-refractivity contribution in [2.45, 2.75) is 6.18 Å². The van der Waals surface area contributed by atoms with Gasteiger partial charge in [0.1, 0.15) is 6.54 Å². The van der Waals surface area contributed by atoms with E-state index in [4.69, 9.17) is 0 Å². The lowest BCUT2D eigenvalue weighted by atomic mass is 10.2. The van der Waals surface area contributed by atoms with E-state index in [2.05, 4.69) is 10.1 Å². The van der Waals surface area contributed by atoms with Crippen LogP contribution < -0.4 is 5.32 Å². The first-order valence-corrected chi connectivity index (χ1v) is 5.50. The average molecular weight is 290 g/mol. The van der Waals surface area contributed by atoms with Gasteiger partial charge in [0.25, 0.3) is 0 Å². The predicted octanol–water partition coefficient (Wildman–Crippen LogP) is 2.34. The SMILES string of the molecule is COC(=O)CN(C)C(=O)Nc1cccc(C(F)(F)F)c1. The quantitative estimate of drug-likeness (QED) is 0.869. The molecule has 0 saturated carbocycles. The van der Waals surface area contributed by atoms with E-state index in [0.29, 0.717) is 0 Å². The fraction of sp³-hybridized carbons (Fsp3) is 0.333. The molecule has 0 aromatic heterocycles. The number of alkyl halides is 3. The number of carbonyl (C=O) groups is 2. The molecule has 0 unspecified atom stereocenters. The third kappa shape index (κ3) is 4.45. The van der Waals surface area contributed by atoms with Crippen LogP contribution in [0.1, 0.15) is 5.56 Å². The van der Waals surface area contributed by atoms with Crippen LogP contribution in [0.2, 0.25) is 0 Å². The molecule has 110 valence electrons. The van der Waals surface area contributed by atoms with Crippen molar-refractivity contribution < 1.29 is 27.5 Å². The molecule has 0 spiro atoms. The molecule has 0 atom stereocenters. The Kier molecular flexibility index (Phi) is 4.95. The Hall–Kier alpha value is -2.25. The van der Waals surface area contributed by atoms with Crippen molar-refractivity contribution in [3.8, 4) is 0 Å². The van der Waals surface area contributed by atoms with Crippen LogP contribution in [0.5, 0.6) is 0 Å². The van der Waals surface area contributed by atoms with Crippen LogP contribution >= 0.6 is 0 Å². The summed E-state index contributed by atoms with van der Waals surface area (Å²) in [7, 11) is 2.49. The summed E-state index contributed by atoms with van der Waals surface area (Å²) in [5, 5.41) is 2.26. The van der Waals surface area contributed by atoms with Crippen LogP contribution in [-0.2, 0) is 15.7 Å². The molecule has 0 aliphatic heterocycles. The number of methoxy groups -OCH3 is 1. The summed E-state index contributed by atoms with van der Waals surface area (Å²) in [4.78, 5) is 23.6. The van der Waals surface area contributed by atoms with Gasteiger partial charge < -0.3 is 15.0 Å². The maximum Gasteiger partial charge on any atom is 0.416 e. The van der Waals surface area contributed by atoms with Crippen molar-refractivity contribution in [3.05, 3.63) is 29.8 Å². The minimum absolute atomic E-state index is 0.0125. The smallest absolute Gasteiger partial charge is 0.416 e. The third-order valence-electron chi connectivity index (χ3n) is 2.38. The zero-order chi connectivity index (χ0) is 15.3. The second-order valence-corrected chi connectivity index (χ2v) is 3.94. The van der Waals surface area contributed by atoms with Crippen LogP contribution in [0.4, 0.5) is 23.7 Å². The van der Waals surface area contributed by atoms with Gasteiger partial charge in [-0.1, -0.05) is 6.07 Å². The normalized spacial score (nSPS) is 10.8. The first-order chi connectivity index (χ1) is 9.24. The van der Waals surface area contributed by atoms with Gasteiger partial charge >= 0.3 is 18.2 Å². The van der Waals surface area contributed by atoms with Gasteiger partial charge in [-0.05, 0) is 18.2 Å². The van der Waals surface area contributed by atoms with Gasteiger partial charge in [-0.2, -0.15) is 13.2 Å². The molecule has 2 amide bonds. The number of anilines is 1. The van der Waals surface area contributed by atoms with Crippen LogP contribution in [0.3, 0.4) is 0 Å². The highest BCUT2D eigenvalue weighted by Gasteiger charge is 2.30. The Labute approximate surface area is 113 Å². The van der Waals surface area contributed by atoms with Gasteiger partial charge in [0.05, 0.1) is 12.7 Å². The number of ether oxygens (including phenoxy) is 1. The van der Waals surface area contributed by atoms with Crippen molar-refractivity contribution in [1.82, 2.24) is 4.90 Å².